The van der Waals surface area contributed by atoms with E-state index in [4.69, 9.17) is 23.2 Å². The van der Waals surface area contributed by atoms with Crippen LogP contribution in [0.4, 0.5) is 0 Å². The van der Waals surface area contributed by atoms with Crippen molar-refractivity contribution in [3.63, 3.8) is 0 Å². The minimum absolute atomic E-state index is 0.0419. The van der Waals surface area contributed by atoms with Gasteiger partial charge in [-0.2, -0.15) is 4.31 Å². The van der Waals surface area contributed by atoms with Crippen LogP contribution in [-0.2, 0) is 14.8 Å². The van der Waals surface area contributed by atoms with Crippen molar-refractivity contribution in [3.8, 4) is 0 Å². The number of rotatable bonds is 3. The topological polar surface area (TPSA) is 66.5 Å². The average Bonchev–Trinajstić information content (AvgIpc) is 2.61. The molecule has 26 heavy (non-hydrogen) atoms. The monoisotopic (exact) mass is 412 g/mol. The molecule has 0 spiro atoms. The van der Waals surface area contributed by atoms with Gasteiger partial charge in [0, 0.05) is 11.6 Å². The Morgan fingerprint density at radius 2 is 1.81 bits per heavy atom. The Labute approximate surface area is 163 Å². The molecule has 1 fully saturated rings. The number of aryl methyl sites for hydroxylation is 1. The number of sulfonamides is 1. The second-order valence-corrected chi connectivity index (χ2v) is 8.84. The van der Waals surface area contributed by atoms with Crippen LogP contribution < -0.4 is 5.32 Å². The van der Waals surface area contributed by atoms with Crippen LogP contribution in [0.15, 0.2) is 41.3 Å². The molecule has 0 radical (unpaired) electrons. The van der Waals surface area contributed by atoms with Gasteiger partial charge in [0.2, 0.25) is 15.9 Å². The molecule has 8 heteroatoms. The molecule has 0 aromatic heterocycles. The Morgan fingerprint density at radius 1 is 1.15 bits per heavy atom. The van der Waals surface area contributed by atoms with Gasteiger partial charge in [-0.3, -0.25) is 4.79 Å². The van der Waals surface area contributed by atoms with Gasteiger partial charge >= 0.3 is 0 Å². The van der Waals surface area contributed by atoms with Crippen LogP contribution in [-0.4, -0.2) is 31.7 Å². The zero-order chi connectivity index (χ0) is 19.1. The van der Waals surface area contributed by atoms with Crippen LogP contribution in [0.2, 0.25) is 10.0 Å². The van der Waals surface area contributed by atoms with Gasteiger partial charge in [-0.25, -0.2) is 8.42 Å². The number of carbonyl (C=O) groups excluding carboxylic acids is 1. The third-order valence-electron chi connectivity index (χ3n) is 4.48. The molecular formula is C18H18Cl2N2O3S. The first kappa shape index (κ1) is 19.2. The Balaban J connectivity index is 2.17. The Kier molecular flexibility index (Phi) is 5.30. The smallest absolute Gasteiger partial charge is 0.245 e. The largest absolute Gasteiger partial charge is 0.353 e. The molecule has 0 aliphatic carbocycles. The van der Waals surface area contributed by atoms with Gasteiger partial charge in [-0.15, -0.1) is 0 Å². The van der Waals surface area contributed by atoms with Crippen LogP contribution in [0.3, 0.4) is 0 Å². The first-order valence-corrected chi connectivity index (χ1v) is 10.2. The van der Waals surface area contributed by atoms with Crippen molar-refractivity contribution >= 4 is 39.1 Å². The molecule has 1 N–H and O–H groups in total. The lowest BCUT2D eigenvalue weighted by molar-refractivity contribution is -0.123. The molecule has 1 atom stereocenters. The van der Waals surface area contributed by atoms with Crippen molar-refractivity contribution in [2.24, 2.45) is 0 Å². The van der Waals surface area contributed by atoms with E-state index in [1.54, 1.807) is 19.9 Å². The van der Waals surface area contributed by atoms with E-state index in [-0.39, 0.29) is 28.9 Å². The number of nitrogens with one attached hydrogen (secondary N) is 1. The third kappa shape index (κ3) is 3.34. The summed E-state index contributed by atoms with van der Waals surface area (Å²) < 4.78 is 28.1. The maximum absolute atomic E-state index is 13.5. The second kappa shape index (κ2) is 7.19. The first-order chi connectivity index (χ1) is 12.2. The predicted molar refractivity (Wildman–Crippen MR) is 102 cm³/mol. The molecule has 0 saturated carbocycles. The van der Waals surface area contributed by atoms with Gasteiger partial charge in [0.15, 0.2) is 0 Å². The zero-order valence-corrected chi connectivity index (χ0v) is 16.6. The van der Waals surface area contributed by atoms with Gasteiger partial charge in [-0.05, 0) is 36.6 Å². The average molecular weight is 413 g/mol. The number of nitrogens with zero attached hydrogens (tertiary/aromatic N) is 1. The van der Waals surface area contributed by atoms with Crippen LogP contribution in [0, 0.1) is 13.8 Å². The highest BCUT2D eigenvalue weighted by Crippen LogP contribution is 2.38. The van der Waals surface area contributed by atoms with Crippen molar-refractivity contribution in [1.29, 1.82) is 0 Å². The molecule has 2 aromatic carbocycles. The van der Waals surface area contributed by atoms with Crippen molar-refractivity contribution < 1.29 is 13.2 Å². The van der Waals surface area contributed by atoms with Crippen LogP contribution in [0.5, 0.6) is 0 Å². The quantitative estimate of drug-likeness (QED) is 0.838. The van der Waals surface area contributed by atoms with Gasteiger partial charge in [0.05, 0.1) is 17.6 Å². The van der Waals surface area contributed by atoms with E-state index in [9.17, 15) is 13.2 Å². The highest BCUT2D eigenvalue weighted by molar-refractivity contribution is 7.89. The summed E-state index contributed by atoms with van der Waals surface area (Å²) in [5.41, 5.74) is 1.74. The molecule has 1 heterocycles. The minimum atomic E-state index is -4.04. The maximum atomic E-state index is 13.5. The van der Waals surface area contributed by atoms with E-state index in [0.29, 0.717) is 16.1 Å². The normalized spacial score (nSPS) is 18.6. The fraction of sp³-hybridized carbons (Fsp3) is 0.278. The molecule has 1 unspecified atom stereocenters. The summed E-state index contributed by atoms with van der Waals surface area (Å²) in [6.07, 6.45) is 0. The fourth-order valence-electron chi connectivity index (χ4n) is 3.07. The third-order valence-corrected chi connectivity index (χ3v) is 7.50. The van der Waals surface area contributed by atoms with Crippen molar-refractivity contribution in [3.05, 3.63) is 63.1 Å². The zero-order valence-electron chi connectivity index (χ0n) is 14.3. The summed E-state index contributed by atoms with van der Waals surface area (Å²) in [4.78, 5) is 11.9. The first-order valence-electron chi connectivity index (χ1n) is 8.02. The Morgan fingerprint density at radius 3 is 2.46 bits per heavy atom. The van der Waals surface area contributed by atoms with Crippen molar-refractivity contribution in [2.45, 2.75) is 24.8 Å². The Bertz CT molecular complexity index is 936. The number of benzene rings is 2. The maximum Gasteiger partial charge on any atom is 0.245 e. The Hall–Kier alpha value is -1.60. The summed E-state index contributed by atoms with van der Waals surface area (Å²) in [5.74, 6) is -0.353. The van der Waals surface area contributed by atoms with E-state index in [0.717, 1.165) is 5.56 Å². The molecule has 3 rings (SSSR count). The molecule has 1 aliphatic rings. The molecule has 1 amide bonds. The standard InChI is InChI=1S/C18H18Cl2N2O3S/c1-11-8-14(19)12(2)18(17(11)20)26(24,25)22-10-16(23)21-9-15(22)13-6-4-3-5-7-13/h3-8,15H,9-10H2,1-2H3,(H,21,23). The molecule has 0 bridgehead atoms. The van der Waals surface area contributed by atoms with E-state index < -0.39 is 16.1 Å². The van der Waals surface area contributed by atoms with Crippen molar-refractivity contribution in [1.82, 2.24) is 9.62 Å². The number of piperazine rings is 1. The molecule has 1 saturated heterocycles. The van der Waals surface area contributed by atoms with Crippen molar-refractivity contribution in [2.75, 3.05) is 13.1 Å². The van der Waals surface area contributed by atoms with E-state index in [2.05, 4.69) is 5.32 Å². The summed E-state index contributed by atoms with van der Waals surface area (Å²) in [7, 11) is -4.04. The molecule has 1 aliphatic heterocycles. The molecular weight excluding hydrogens is 395 g/mol. The van der Waals surface area contributed by atoms with Gasteiger partial charge in [0.25, 0.3) is 0 Å². The summed E-state index contributed by atoms with van der Waals surface area (Å²) >= 11 is 12.5. The number of amides is 1. The van der Waals surface area contributed by atoms with Gasteiger partial charge in [-0.1, -0.05) is 53.5 Å². The number of halogens is 2. The van der Waals surface area contributed by atoms with E-state index in [1.165, 1.54) is 4.31 Å². The van der Waals surface area contributed by atoms with Crippen LogP contribution in [0.25, 0.3) is 0 Å². The highest BCUT2D eigenvalue weighted by atomic mass is 35.5. The molecule has 2 aromatic rings. The van der Waals surface area contributed by atoms with E-state index in [1.807, 2.05) is 30.3 Å². The summed E-state index contributed by atoms with van der Waals surface area (Å²) in [6.45, 7) is 3.23. The number of hydrogen-bond acceptors (Lipinski definition) is 3. The second-order valence-electron chi connectivity index (χ2n) is 6.22. The predicted octanol–water partition coefficient (Wildman–Crippen LogP) is 3.47. The minimum Gasteiger partial charge on any atom is -0.353 e. The van der Waals surface area contributed by atoms with E-state index >= 15 is 0 Å². The SMILES string of the molecule is Cc1cc(Cl)c(C)c(S(=O)(=O)N2CC(=O)NCC2c2ccccc2)c1Cl. The van der Waals surface area contributed by atoms with Crippen LogP contribution in [0.1, 0.15) is 22.7 Å². The van der Waals surface area contributed by atoms with Gasteiger partial charge < -0.3 is 5.32 Å². The summed E-state index contributed by atoms with van der Waals surface area (Å²) in [5, 5.41) is 3.18. The molecule has 138 valence electrons. The van der Waals surface area contributed by atoms with Gasteiger partial charge in [0.1, 0.15) is 4.90 Å². The fourth-order valence-corrected chi connectivity index (χ4v) is 5.81. The lowest BCUT2D eigenvalue weighted by atomic mass is 10.1. The lowest BCUT2D eigenvalue weighted by Gasteiger charge is -2.35. The summed E-state index contributed by atoms with van der Waals surface area (Å²) in [6, 6.07) is 10.3. The lowest BCUT2D eigenvalue weighted by Crippen LogP contribution is -2.51. The number of carbonyl (C=O) groups is 1. The van der Waals surface area contributed by atoms with Crippen LogP contribution >= 0.6 is 23.2 Å². The molecule has 5 nitrogen and oxygen atoms in total. The highest BCUT2D eigenvalue weighted by Gasteiger charge is 2.39. The number of hydrogen-bond donors (Lipinski definition) is 1.